The van der Waals surface area contributed by atoms with Gasteiger partial charge in [0.1, 0.15) is 5.75 Å². The molecule has 2 heterocycles. The smallest absolute Gasteiger partial charge is 0.222 e. The zero-order valence-electron chi connectivity index (χ0n) is 14.8. The van der Waals surface area contributed by atoms with Crippen molar-refractivity contribution in [3.05, 3.63) is 28.8 Å². The van der Waals surface area contributed by atoms with Crippen molar-refractivity contribution in [2.24, 2.45) is 0 Å². The molecule has 0 unspecified atom stereocenters. The summed E-state index contributed by atoms with van der Waals surface area (Å²) in [6, 6.07) is 3.78. The van der Waals surface area contributed by atoms with E-state index in [0.717, 1.165) is 56.7 Å². The zero-order valence-corrected chi connectivity index (χ0v) is 14.8. The Morgan fingerprint density at radius 1 is 1.28 bits per heavy atom. The lowest BCUT2D eigenvalue weighted by Gasteiger charge is -2.31. The van der Waals surface area contributed by atoms with Crippen LogP contribution in [-0.4, -0.2) is 68.5 Å². The molecule has 0 bridgehead atoms. The maximum atomic E-state index is 12.5. The first-order valence-corrected chi connectivity index (χ1v) is 8.94. The number of methoxy groups -OCH3 is 1. The molecule has 3 rings (SSSR count). The van der Waals surface area contributed by atoms with Gasteiger partial charge in [-0.1, -0.05) is 6.07 Å². The number of nitrogens with zero attached hydrogens (tertiary/aromatic N) is 2. The number of morpholine rings is 1. The van der Waals surface area contributed by atoms with E-state index in [2.05, 4.69) is 4.90 Å². The molecule has 0 saturated carbocycles. The van der Waals surface area contributed by atoms with E-state index in [1.165, 1.54) is 0 Å². The first kappa shape index (κ1) is 17.9. The SMILES string of the molecule is COc1ccc2c(c1C=O)CCN(C(=O)CCCN1CCOCC1)C2. The Bertz CT molecular complexity index is 626. The van der Waals surface area contributed by atoms with Crippen molar-refractivity contribution in [3.63, 3.8) is 0 Å². The van der Waals surface area contributed by atoms with Gasteiger partial charge < -0.3 is 14.4 Å². The summed E-state index contributed by atoms with van der Waals surface area (Å²) >= 11 is 0. The van der Waals surface area contributed by atoms with Crippen LogP contribution in [0.15, 0.2) is 12.1 Å². The van der Waals surface area contributed by atoms with Crippen LogP contribution in [0.2, 0.25) is 0 Å². The Labute approximate surface area is 148 Å². The minimum Gasteiger partial charge on any atom is -0.496 e. The van der Waals surface area contributed by atoms with E-state index in [4.69, 9.17) is 9.47 Å². The maximum Gasteiger partial charge on any atom is 0.222 e. The Hall–Kier alpha value is -1.92. The van der Waals surface area contributed by atoms with Crippen LogP contribution in [0.3, 0.4) is 0 Å². The van der Waals surface area contributed by atoms with E-state index in [9.17, 15) is 9.59 Å². The second-order valence-electron chi connectivity index (χ2n) is 6.56. The van der Waals surface area contributed by atoms with Crippen LogP contribution in [0.5, 0.6) is 5.75 Å². The molecule has 0 aliphatic carbocycles. The summed E-state index contributed by atoms with van der Waals surface area (Å²) in [7, 11) is 1.57. The molecule has 1 amide bonds. The van der Waals surface area contributed by atoms with Crippen molar-refractivity contribution in [1.82, 2.24) is 9.80 Å². The molecule has 0 aromatic heterocycles. The minimum absolute atomic E-state index is 0.197. The second-order valence-corrected chi connectivity index (χ2v) is 6.56. The normalized spacial score (nSPS) is 17.9. The highest BCUT2D eigenvalue weighted by molar-refractivity contribution is 5.83. The van der Waals surface area contributed by atoms with Crippen LogP contribution in [-0.2, 0) is 22.5 Å². The maximum absolute atomic E-state index is 12.5. The third kappa shape index (κ3) is 4.19. The van der Waals surface area contributed by atoms with Gasteiger partial charge in [-0.2, -0.15) is 0 Å². The summed E-state index contributed by atoms with van der Waals surface area (Å²) in [5.41, 5.74) is 2.70. The van der Waals surface area contributed by atoms with Gasteiger partial charge in [0, 0.05) is 32.6 Å². The number of carbonyl (C=O) groups is 2. The van der Waals surface area contributed by atoms with Crippen molar-refractivity contribution in [1.29, 1.82) is 0 Å². The van der Waals surface area contributed by atoms with E-state index in [1.54, 1.807) is 7.11 Å². The van der Waals surface area contributed by atoms with E-state index >= 15 is 0 Å². The van der Waals surface area contributed by atoms with Crippen LogP contribution in [0.4, 0.5) is 0 Å². The number of hydrogen-bond donors (Lipinski definition) is 0. The largest absolute Gasteiger partial charge is 0.496 e. The molecule has 2 aliphatic heterocycles. The van der Waals surface area contributed by atoms with E-state index < -0.39 is 0 Å². The Kier molecular flexibility index (Phi) is 6.04. The molecule has 2 aliphatic rings. The summed E-state index contributed by atoms with van der Waals surface area (Å²) < 4.78 is 10.6. The fourth-order valence-corrected chi connectivity index (χ4v) is 3.62. The van der Waals surface area contributed by atoms with Crippen LogP contribution in [0.1, 0.15) is 34.3 Å². The summed E-state index contributed by atoms with van der Waals surface area (Å²) in [6.07, 6.45) is 3.01. The van der Waals surface area contributed by atoms with Crippen LogP contribution in [0.25, 0.3) is 0 Å². The number of amides is 1. The Morgan fingerprint density at radius 3 is 2.80 bits per heavy atom. The summed E-state index contributed by atoms with van der Waals surface area (Å²) in [4.78, 5) is 28.2. The zero-order chi connectivity index (χ0) is 17.6. The molecule has 1 fully saturated rings. The van der Waals surface area contributed by atoms with Gasteiger partial charge in [-0.05, 0) is 36.6 Å². The highest BCUT2D eigenvalue weighted by Gasteiger charge is 2.24. The fourth-order valence-electron chi connectivity index (χ4n) is 3.62. The van der Waals surface area contributed by atoms with Gasteiger partial charge in [0.15, 0.2) is 6.29 Å². The predicted octanol–water partition coefficient (Wildman–Crippen LogP) is 1.50. The topological polar surface area (TPSA) is 59.1 Å². The van der Waals surface area contributed by atoms with Crippen molar-refractivity contribution >= 4 is 12.2 Å². The lowest BCUT2D eigenvalue weighted by Crippen LogP contribution is -2.38. The number of aldehydes is 1. The molecule has 0 spiro atoms. The first-order valence-electron chi connectivity index (χ1n) is 8.94. The molecule has 1 aromatic rings. The molecule has 1 aromatic carbocycles. The number of ether oxygens (including phenoxy) is 2. The summed E-state index contributed by atoms with van der Waals surface area (Å²) in [6.45, 7) is 5.70. The molecule has 6 heteroatoms. The fraction of sp³-hybridized carbons (Fsp3) is 0.579. The standard InChI is InChI=1S/C19H26N2O4/c1-24-18-5-4-15-13-21(8-6-16(15)17(18)14-22)19(23)3-2-7-20-9-11-25-12-10-20/h4-5,14H,2-3,6-13H2,1H3. The molecule has 25 heavy (non-hydrogen) atoms. The lowest BCUT2D eigenvalue weighted by atomic mass is 9.94. The lowest BCUT2D eigenvalue weighted by molar-refractivity contribution is -0.132. The van der Waals surface area contributed by atoms with Gasteiger partial charge in [0.05, 0.1) is 25.9 Å². The first-order chi connectivity index (χ1) is 12.2. The van der Waals surface area contributed by atoms with Crippen molar-refractivity contribution in [2.45, 2.75) is 25.8 Å². The van der Waals surface area contributed by atoms with Gasteiger partial charge in [0.25, 0.3) is 0 Å². The number of hydrogen-bond acceptors (Lipinski definition) is 5. The Morgan fingerprint density at radius 2 is 2.08 bits per heavy atom. The molecule has 1 saturated heterocycles. The predicted molar refractivity (Wildman–Crippen MR) is 94.0 cm³/mol. The van der Waals surface area contributed by atoms with Gasteiger partial charge in [-0.3, -0.25) is 14.5 Å². The molecular formula is C19H26N2O4. The monoisotopic (exact) mass is 346 g/mol. The van der Waals surface area contributed by atoms with Crippen molar-refractivity contribution in [2.75, 3.05) is 46.5 Å². The highest BCUT2D eigenvalue weighted by Crippen LogP contribution is 2.28. The number of benzene rings is 1. The van der Waals surface area contributed by atoms with Crippen LogP contribution < -0.4 is 4.74 Å². The van der Waals surface area contributed by atoms with Gasteiger partial charge >= 0.3 is 0 Å². The number of carbonyl (C=O) groups excluding carboxylic acids is 2. The minimum atomic E-state index is 0.197. The molecule has 0 atom stereocenters. The average Bonchev–Trinajstić information content (AvgIpc) is 2.67. The quantitative estimate of drug-likeness (QED) is 0.731. The molecular weight excluding hydrogens is 320 g/mol. The third-order valence-electron chi connectivity index (χ3n) is 5.07. The molecule has 136 valence electrons. The van der Waals surface area contributed by atoms with Gasteiger partial charge in [-0.25, -0.2) is 0 Å². The summed E-state index contributed by atoms with van der Waals surface area (Å²) in [5, 5.41) is 0. The molecule has 6 nitrogen and oxygen atoms in total. The average molecular weight is 346 g/mol. The van der Waals surface area contributed by atoms with E-state index in [-0.39, 0.29) is 5.91 Å². The van der Waals surface area contributed by atoms with Gasteiger partial charge in [0.2, 0.25) is 5.91 Å². The van der Waals surface area contributed by atoms with Crippen LogP contribution >= 0.6 is 0 Å². The Balaban J connectivity index is 1.55. The third-order valence-corrected chi connectivity index (χ3v) is 5.07. The van der Waals surface area contributed by atoms with Crippen molar-refractivity contribution in [3.8, 4) is 5.75 Å². The summed E-state index contributed by atoms with van der Waals surface area (Å²) in [5.74, 6) is 0.807. The highest BCUT2D eigenvalue weighted by atomic mass is 16.5. The number of fused-ring (bicyclic) bond motifs is 1. The van der Waals surface area contributed by atoms with E-state index in [1.807, 2.05) is 17.0 Å². The molecule has 0 radical (unpaired) electrons. The second kappa shape index (κ2) is 8.45. The number of rotatable bonds is 6. The van der Waals surface area contributed by atoms with Crippen LogP contribution in [0, 0.1) is 0 Å². The van der Waals surface area contributed by atoms with Crippen molar-refractivity contribution < 1.29 is 19.1 Å². The van der Waals surface area contributed by atoms with E-state index in [0.29, 0.717) is 37.2 Å². The molecule has 0 N–H and O–H groups in total. The van der Waals surface area contributed by atoms with Gasteiger partial charge in [-0.15, -0.1) is 0 Å².